The van der Waals surface area contributed by atoms with E-state index in [2.05, 4.69) is 10.3 Å². The molecule has 5 nitrogen and oxygen atoms in total. The van der Waals surface area contributed by atoms with E-state index in [0.29, 0.717) is 21.4 Å². The number of rotatable bonds is 2. The van der Waals surface area contributed by atoms with Crippen molar-refractivity contribution in [2.45, 2.75) is 6.92 Å². The van der Waals surface area contributed by atoms with Gasteiger partial charge in [-0.05, 0) is 25.1 Å². The van der Waals surface area contributed by atoms with Crippen molar-refractivity contribution in [2.75, 3.05) is 0 Å². The maximum Gasteiger partial charge on any atom is 0.271 e. The molecule has 88 valence electrons. The number of carbonyl (C=O) groups is 1. The minimum absolute atomic E-state index is 0.121. The molecule has 0 atom stereocenters. The first-order valence-corrected chi connectivity index (χ1v) is 5.44. The summed E-state index contributed by atoms with van der Waals surface area (Å²) in [4.78, 5) is 11.1. The van der Waals surface area contributed by atoms with Crippen LogP contribution < -0.4 is 5.73 Å². The molecule has 1 aromatic carbocycles. The summed E-state index contributed by atoms with van der Waals surface area (Å²) in [7, 11) is 0. The van der Waals surface area contributed by atoms with E-state index in [4.69, 9.17) is 28.9 Å². The van der Waals surface area contributed by atoms with E-state index in [-0.39, 0.29) is 5.69 Å². The molecule has 0 fully saturated rings. The molecule has 0 spiro atoms. The number of nitrogens with zero attached hydrogens (tertiary/aromatic N) is 3. The Kier molecular flexibility index (Phi) is 3.04. The molecule has 2 rings (SSSR count). The molecule has 7 heteroatoms. The van der Waals surface area contributed by atoms with Crippen LogP contribution in [-0.2, 0) is 0 Å². The molecule has 2 N–H and O–H groups in total. The van der Waals surface area contributed by atoms with Crippen LogP contribution in [0.25, 0.3) is 5.69 Å². The van der Waals surface area contributed by atoms with Gasteiger partial charge in [-0.15, -0.1) is 5.10 Å². The summed E-state index contributed by atoms with van der Waals surface area (Å²) in [6.07, 6.45) is 0. The molecule has 0 radical (unpaired) electrons. The normalized spacial score (nSPS) is 10.5. The van der Waals surface area contributed by atoms with Crippen LogP contribution in [0.5, 0.6) is 0 Å². The van der Waals surface area contributed by atoms with Crippen LogP contribution in [0, 0.1) is 6.92 Å². The summed E-state index contributed by atoms with van der Waals surface area (Å²) in [6, 6.07) is 4.95. The topological polar surface area (TPSA) is 73.8 Å². The summed E-state index contributed by atoms with van der Waals surface area (Å²) in [5.74, 6) is -0.626. The summed E-state index contributed by atoms with van der Waals surface area (Å²) >= 11 is 11.8. The third kappa shape index (κ3) is 2.11. The van der Waals surface area contributed by atoms with Crippen molar-refractivity contribution >= 4 is 29.1 Å². The lowest BCUT2D eigenvalue weighted by Gasteiger charge is -2.05. The SMILES string of the molecule is Cc1c(C(N)=O)nnn1-c1ccc(Cl)cc1Cl. The molecule has 0 aliphatic rings. The van der Waals surface area contributed by atoms with E-state index in [1.807, 2.05) is 0 Å². The van der Waals surface area contributed by atoms with Gasteiger partial charge in [-0.25, -0.2) is 4.68 Å². The first-order chi connectivity index (χ1) is 8.00. The fourth-order valence-corrected chi connectivity index (χ4v) is 1.93. The maximum absolute atomic E-state index is 11.1. The maximum atomic E-state index is 11.1. The molecule has 1 heterocycles. The number of halogens is 2. The molecule has 0 bridgehead atoms. The number of carbonyl (C=O) groups excluding carboxylic acids is 1. The third-order valence-corrected chi connectivity index (χ3v) is 2.80. The van der Waals surface area contributed by atoms with Gasteiger partial charge in [-0.1, -0.05) is 28.4 Å². The Morgan fingerprint density at radius 3 is 2.65 bits per heavy atom. The highest BCUT2D eigenvalue weighted by atomic mass is 35.5. The smallest absolute Gasteiger partial charge is 0.271 e. The van der Waals surface area contributed by atoms with Gasteiger partial charge in [0.1, 0.15) is 0 Å². The average molecular weight is 271 g/mol. The molecule has 1 aromatic heterocycles. The van der Waals surface area contributed by atoms with Gasteiger partial charge in [0, 0.05) is 5.02 Å². The Balaban J connectivity index is 2.57. The van der Waals surface area contributed by atoms with Gasteiger partial charge < -0.3 is 5.73 Å². The molecule has 1 amide bonds. The van der Waals surface area contributed by atoms with Crippen LogP contribution in [0.2, 0.25) is 10.0 Å². The zero-order chi connectivity index (χ0) is 12.6. The molecule has 2 aromatic rings. The third-order valence-electron chi connectivity index (χ3n) is 2.27. The van der Waals surface area contributed by atoms with E-state index < -0.39 is 5.91 Å². The molecule has 0 saturated carbocycles. The Morgan fingerprint density at radius 1 is 1.41 bits per heavy atom. The lowest BCUT2D eigenvalue weighted by atomic mass is 10.3. The van der Waals surface area contributed by atoms with Crippen LogP contribution in [-0.4, -0.2) is 20.9 Å². The number of nitrogens with two attached hydrogens (primary N) is 1. The Labute approximate surface area is 107 Å². The van der Waals surface area contributed by atoms with Crippen LogP contribution in [0.15, 0.2) is 18.2 Å². The average Bonchev–Trinajstić information content (AvgIpc) is 2.60. The molecule has 0 saturated heterocycles. The van der Waals surface area contributed by atoms with E-state index in [1.54, 1.807) is 25.1 Å². The number of hydrogen-bond donors (Lipinski definition) is 1. The van der Waals surface area contributed by atoms with E-state index >= 15 is 0 Å². The second-order valence-corrected chi connectivity index (χ2v) is 4.24. The first-order valence-electron chi connectivity index (χ1n) is 4.68. The largest absolute Gasteiger partial charge is 0.364 e. The number of primary amides is 1. The van der Waals surface area contributed by atoms with Gasteiger partial charge >= 0.3 is 0 Å². The molecule has 0 aliphatic carbocycles. The predicted molar refractivity (Wildman–Crippen MR) is 64.6 cm³/mol. The molecule has 0 aliphatic heterocycles. The van der Waals surface area contributed by atoms with Gasteiger partial charge in [-0.2, -0.15) is 0 Å². The van der Waals surface area contributed by atoms with Crippen LogP contribution in [0.3, 0.4) is 0 Å². The Hall–Kier alpha value is -1.59. The van der Waals surface area contributed by atoms with Gasteiger partial charge in [0.25, 0.3) is 5.91 Å². The van der Waals surface area contributed by atoms with Crippen molar-refractivity contribution in [3.05, 3.63) is 39.6 Å². The minimum atomic E-state index is -0.626. The number of benzene rings is 1. The first kappa shape index (κ1) is 11.9. The molecule has 0 unspecified atom stereocenters. The predicted octanol–water partition coefficient (Wildman–Crippen LogP) is 1.98. The zero-order valence-electron chi connectivity index (χ0n) is 8.82. The van der Waals surface area contributed by atoms with Gasteiger partial charge in [-0.3, -0.25) is 4.79 Å². The van der Waals surface area contributed by atoms with Crippen molar-refractivity contribution < 1.29 is 4.79 Å². The second kappa shape index (κ2) is 4.35. The number of amides is 1. The molecular weight excluding hydrogens is 263 g/mol. The van der Waals surface area contributed by atoms with Crippen LogP contribution >= 0.6 is 23.2 Å². The van der Waals surface area contributed by atoms with E-state index in [1.165, 1.54) is 4.68 Å². The summed E-state index contributed by atoms with van der Waals surface area (Å²) in [5, 5.41) is 8.48. The summed E-state index contributed by atoms with van der Waals surface area (Å²) in [6.45, 7) is 1.69. The zero-order valence-corrected chi connectivity index (χ0v) is 10.3. The Morgan fingerprint density at radius 2 is 2.12 bits per heavy atom. The number of hydrogen-bond acceptors (Lipinski definition) is 3. The molecular formula is C10H8Cl2N4O. The van der Waals surface area contributed by atoms with Gasteiger partial charge in [0.05, 0.1) is 16.4 Å². The van der Waals surface area contributed by atoms with Gasteiger partial charge in [0.15, 0.2) is 5.69 Å². The summed E-state index contributed by atoms with van der Waals surface area (Å²) < 4.78 is 1.44. The summed E-state index contributed by atoms with van der Waals surface area (Å²) in [5.41, 5.74) is 6.40. The lowest BCUT2D eigenvalue weighted by molar-refractivity contribution is 0.0995. The van der Waals surface area contributed by atoms with Crippen LogP contribution in [0.4, 0.5) is 0 Å². The monoisotopic (exact) mass is 270 g/mol. The lowest BCUT2D eigenvalue weighted by Crippen LogP contribution is -2.13. The minimum Gasteiger partial charge on any atom is -0.364 e. The van der Waals surface area contributed by atoms with E-state index in [0.717, 1.165) is 0 Å². The quantitative estimate of drug-likeness (QED) is 0.907. The van der Waals surface area contributed by atoms with Crippen molar-refractivity contribution in [1.82, 2.24) is 15.0 Å². The van der Waals surface area contributed by atoms with Crippen molar-refractivity contribution in [3.63, 3.8) is 0 Å². The number of aromatic nitrogens is 3. The van der Waals surface area contributed by atoms with Crippen molar-refractivity contribution in [1.29, 1.82) is 0 Å². The van der Waals surface area contributed by atoms with E-state index in [9.17, 15) is 4.79 Å². The highest BCUT2D eigenvalue weighted by molar-refractivity contribution is 6.35. The van der Waals surface area contributed by atoms with Crippen molar-refractivity contribution in [3.8, 4) is 5.69 Å². The van der Waals surface area contributed by atoms with Crippen LogP contribution in [0.1, 0.15) is 16.2 Å². The second-order valence-electron chi connectivity index (χ2n) is 3.40. The van der Waals surface area contributed by atoms with Gasteiger partial charge in [0.2, 0.25) is 0 Å². The highest BCUT2D eigenvalue weighted by Gasteiger charge is 2.15. The Bertz CT molecular complexity index is 594. The molecule has 17 heavy (non-hydrogen) atoms. The highest BCUT2D eigenvalue weighted by Crippen LogP contribution is 2.25. The fourth-order valence-electron chi connectivity index (χ4n) is 1.44. The fraction of sp³-hybridized carbons (Fsp3) is 0.100. The van der Waals surface area contributed by atoms with Crippen molar-refractivity contribution in [2.24, 2.45) is 5.73 Å². The standard InChI is InChI=1S/C10H8Cl2N4O/c1-5-9(10(13)17)14-15-16(5)8-3-2-6(11)4-7(8)12/h2-4H,1H3,(H2,13,17).